The Balaban J connectivity index is 0.000000250. The van der Waals surface area contributed by atoms with E-state index in [0.29, 0.717) is 22.1 Å². The molecule has 252 valence electrons. The van der Waals surface area contributed by atoms with Crippen LogP contribution in [-0.4, -0.2) is 52.1 Å². The van der Waals surface area contributed by atoms with Crippen LogP contribution in [0.3, 0.4) is 0 Å². The minimum absolute atomic E-state index is 0.102. The molecule has 0 aliphatic rings. The third kappa shape index (κ3) is 9.32. The van der Waals surface area contributed by atoms with Crippen molar-refractivity contribution in [2.24, 2.45) is 0 Å². The number of ether oxygens (including phenoxy) is 2. The van der Waals surface area contributed by atoms with Crippen molar-refractivity contribution in [3.05, 3.63) is 58.4 Å². The van der Waals surface area contributed by atoms with Gasteiger partial charge in [-0.2, -0.15) is 0 Å². The van der Waals surface area contributed by atoms with E-state index in [1.165, 1.54) is 0 Å². The monoisotopic (exact) mass is 710 g/mol. The number of fused-ring (bicyclic) bond motifs is 2. The first kappa shape index (κ1) is 38.0. The molecule has 4 aromatic rings. The van der Waals surface area contributed by atoms with Crippen LogP contribution in [0.4, 0.5) is 0 Å². The van der Waals surface area contributed by atoms with Gasteiger partial charge < -0.3 is 9.47 Å². The van der Waals surface area contributed by atoms with Crippen molar-refractivity contribution >= 4 is 66.7 Å². The number of nitrogens with zero attached hydrogens (tertiary/aromatic N) is 4. The molecule has 0 aliphatic heterocycles. The standard InChI is InChI=1S/2C16H22ClN3O2S/c2*1-6-13(20-23(21)16(2,3)4)11-8-19-15(22-5)12-9-18-14(17)7-10(11)12/h2*7-9,13,20H,6H2,1-5H3/t13-,23+;13-,23-/m10/s1. The van der Waals surface area contributed by atoms with E-state index in [1.54, 1.807) is 51.1 Å². The predicted molar refractivity (Wildman–Crippen MR) is 190 cm³/mol. The first-order chi connectivity index (χ1) is 21.5. The molecule has 0 unspecified atom stereocenters. The topological polar surface area (TPSA) is 128 Å². The van der Waals surface area contributed by atoms with Crippen LogP contribution in [-0.2, 0) is 22.0 Å². The third-order valence-electron chi connectivity index (χ3n) is 7.03. The van der Waals surface area contributed by atoms with Crippen molar-refractivity contribution in [3.63, 3.8) is 0 Å². The summed E-state index contributed by atoms with van der Waals surface area (Å²) in [5.41, 5.74) is 1.87. The van der Waals surface area contributed by atoms with Crippen molar-refractivity contribution in [1.29, 1.82) is 0 Å². The lowest BCUT2D eigenvalue weighted by Gasteiger charge is -2.24. The van der Waals surface area contributed by atoms with Gasteiger partial charge in [0.2, 0.25) is 11.8 Å². The second kappa shape index (κ2) is 16.1. The number of rotatable bonds is 10. The Bertz CT molecular complexity index is 1590. The van der Waals surface area contributed by atoms with E-state index in [1.807, 2.05) is 55.4 Å². The maximum Gasteiger partial charge on any atom is 0.222 e. The van der Waals surface area contributed by atoms with Crippen molar-refractivity contribution in [2.45, 2.75) is 89.8 Å². The lowest BCUT2D eigenvalue weighted by atomic mass is 10.0. The van der Waals surface area contributed by atoms with Crippen LogP contribution in [0, 0.1) is 0 Å². The molecule has 4 rings (SSSR count). The molecule has 10 nitrogen and oxygen atoms in total. The molecule has 46 heavy (non-hydrogen) atoms. The molecule has 0 saturated heterocycles. The zero-order valence-electron chi connectivity index (χ0n) is 28.0. The van der Waals surface area contributed by atoms with E-state index >= 15 is 0 Å². The van der Waals surface area contributed by atoms with Crippen LogP contribution in [0.1, 0.15) is 91.4 Å². The van der Waals surface area contributed by atoms with Gasteiger partial charge >= 0.3 is 0 Å². The molecular formula is C32H44Cl2N6O4S2. The molecule has 0 bridgehead atoms. The SMILES string of the molecule is CC[C@@H](N[S@@](=O)C(C)(C)C)c1cnc(OC)c2cnc(Cl)cc12.CC[C@H](N[S@@](=O)C(C)(C)C)c1cnc(OC)c2cnc(Cl)cc12. The summed E-state index contributed by atoms with van der Waals surface area (Å²) in [7, 11) is 0.778. The maximum absolute atomic E-state index is 12.4. The quantitative estimate of drug-likeness (QED) is 0.161. The summed E-state index contributed by atoms with van der Waals surface area (Å²) in [6.07, 6.45) is 8.34. The highest BCUT2D eigenvalue weighted by Crippen LogP contribution is 2.34. The van der Waals surface area contributed by atoms with Crippen LogP contribution in [0.2, 0.25) is 10.3 Å². The molecule has 0 aromatic carbocycles. The molecule has 0 saturated carbocycles. The van der Waals surface area contributed by atoms with Crippen molar-refractivity contribution in [1.82, 2.24) is 29.4 Å². The lowest BCUT2D eigenvalue weighted by Crippen LogP contribution is -2.35. The van der Waals surface area contributed by atoms with Gasteiger partial charge in [0, 0.05) is 36.9 Å². The molecule has 4 atom stereocenters. The Morgan fingerprint density at radius 2 is 1.00 bits per heavy atom. The highest BCUT2D eigenvalue weighted by Gasteiger charge is 2.26. The Morgan fingerprint density at radius 3 is 1.28 bits per heavy atom. The fourth-order valence-electron chi connectivity index (χ4n) is 4.44. The molecule has 4 aromatic heterocycles. The number of halogens is 2. The van der Waals surface area contributed by atoms with Gasteiger partial charge in [-0.3, -0.25) is 0 Å². The molecular weight excluding hydrogens is 667 g/mol. The average Bonchev–Trinajstić information content (AvgIpc) is 3.00. The van der Waals surface area contributed by atoms with Gasteiger partial charge in [-0.1, -0.05) is 37.0 Å². The van der Waals surface area contributed by atoms with Crippen molar-refractivity contribution < 1.29 is 17.9 Å². The summed E-state index contributed by atoms with van der Waals surface area (Å²) in [5.74, 6) is 0.999. The van der Waals surface area contributed by atoms with E-state index in [0.717, 1.165) is 45.5 Å². The Kier molecular flexibility index (Phi) is 13.3. The van der Waals surface area contributed by atoms with Gasteiger partial charge in [0.25, 0.3) is 0 Å². The lowest BCUT2D eigenvalue weighted by molar-refractivity contribution is 0.402. The van der Waals surface area contributed by atoms with Crippen LogP contribution in [0.5, 0.6) is 11.8 Å². The number of hydrogen-bond acceptors (Lipinski definition) is 8. The highest BCUT2D eigenvalue weighted by atomic mass is 35.5. The predicted octanol–water partition coefficient (Wildman–Crippen LogP) is 7.59. The maximum atomic E-state index is 12.4. The fourth-order valence-corrected chi connectivity index (χ4v) is 6.57. The molecule has 0 radical (unpaired) electrons. The highest BCUT2D eigenvalue weighted by molar-refractivity contribution is 7.84. The normalized spacial score (nSPS) is 14.7. The molecule has 0 fully saturated rings. The van der Waals surface area contributed by atoms with E-state index in [4.69, 9.17) is 32.7 Å². The zero-order valence-corrected chi connectivity index (χ0v) is 31.2. The van der Waals surface area contributed by atoms with Gasteiger partial charge in [0.15, 0.2) is 0 Å². The van der Waals surface area contributed by atoms with Crippen LogP contribution in [0.15, 0.2) is 36.9 Å². The largest absolute Gasteiger partial charge is 0.481 e. The molecule has 0 aliphatic carbocycles. The van der Waals surface area contributed by atoms with Gasteiger partial charge in [0.1, 0.15) is 10.3 Å². The third-order valence-corrected chi connectivity index (χ3v) is 10.7. The number of nitrogens with one attached hydrogen (secondary N) is 2. The van der Waals surface area contributed by atoms with Crippen molar-refractivity contribution in [3.8, 4) is 11.8 Å². The molecule has 0 amide bonds. The summed E-state index contributed by atoms with van der Waals surface area (Å²) in [5, 5.41) is 4.19. The second-order valence-electron chi connectivity index (χ2n) is 12.5. The second-order valence-corrected chi connectivity index (χ2v) is 17.2. The Hall–Kier alpha value is -2.48. The zero-order chi connectivity index (χ0) is 34.4. The number of methoxy groups -OCH3 is 2. The van der Waals surface area contributed by atoms with Crippen LogP contribution < -0.4 is 18.9 Å². The van der Waals surface area contributed by atoms with Gasteiger partial charge in [-0.25, -0.2) is 37.8 Å². The minimum atomic E-state index is -1.18. The van der Waals surface area contributed by atoms with Gasteiger partial charge in [-0.05, 0) is 88.4 Å². The first-order valence-electron chi connectivity index (χ1n) is 14.9. The summed E-state index contributed by atoms with van der Waals surface area (Å²) in [6, 6.07) is 3.38. The summed E-state index contributed by atoms with van der Waals surface area (Å²) >= 11 is 12.1. The fraction of sp³-hybridized carbons (Fsp3) is 0.500. The molecule has 4 heterocycles. The number of hydrogen-bond donors (Lipinski definition) is 2. The van der Waals surface area contributed by atoms with Gasteiger partial charge in [0.05, 0.1) is 56.5 Å². The van der Waals surface area contributed by atoms with E-state index in [2.05, 4.69) is 29.4 Å². The first-order valence-corrected chi connectivity index (χ1v) is 17.9. The van der Waals surface area contributed by atoms with E-state index in [9.17, 15) is 8.42 Å². The van der Waals surface area contributed by atoms with E-state index in [-0.39, 0.29) is 21.6 Å². The number of aromatic nitrogens is 4. The Morgan fingerprint density at radius 1 is 0.652 bits per heavy atom. The average molecular weight is 712 g/mol. The summed E-state index contributed by atoms with van der Waals surface area (Å²) in [4.78, 5) is 16.9. The molecule has 2 N–H and O–H groups in total. The number of pyridine rings is 4. The Labute approximate surface area is 287 Å². The van der Waals surface area contributed by atoms with Crippen LogP contribution >= 0.6 is 23.2 Å². The van der Waals surface area contributed by atoms with Crippen LogP contribution in [0.25, 0.3) is 21.5 Å². The van der Waals surface area contributed by atoms with Crippen molar-refractivity contribution in [2.75, 3.05) is 14.2 Å². The summed E-state index contributed by atoms with van der Waals surface area (Å²) < 4.78 is 41.2. The van der Waals surface area contributed by atoms with Gasteiger partial charge in [-0.15, -0.1) is 0 Å². The van der Waals surface area contributed by atoms with E-state index < -0.39 is 22.0 Å². The summed E-state index contributed by atoms with van der Waals surface area (Å²) in [6.45, 7) is 15.7. The minimum Gasteiger partial charge on any atom is -0.481 e. The molecule has 0 spiro atoms. The molecule has 14 heteroatoms. The smallest absolute Gasteiger partial charge is 0.222 e.